The van der Waals surface area contributed by atoms with Gasteiger partial charge >= 0.3 is 0 Å². The summed E-state index contributed by atoms with van der Waals surface area (Å²) < 4.78 is 4.78. The fourth-order valence-corrected chi connectivity index (χ4v) is 4.00. The number of pyridine rings is 1. The highest BCUT2D eigenvalue weighted by Gasteiger charge is 2.30. The zero-order chi connectivity index (χ0) is 22.7. The molecule has 3 aromatic rings. The van der Waals surface area contributed by atoms with E-state index in [4.69, 9.17) is 4.52 Å². The number of amides is 1. The lowest BCUT2D eigenvalue weighted by Crippen LogP contribution is -2.45. The Morgan fingerprint density at radius 3 is 2.61 bits per heavy atom. The van der Waals surface area contributed by atoms with Gasteiger partial charge in [-0.25, -0.2) is 0 Å². The molecule has 0 saturated carbocycles. The molecule has 0 atom stereocenters. The molecule has 0 radical (unpaired) electrons. The minimum absolute atomic E-state index is 0. The van der Waals surface area contributed by atoms with E-state index in [0.29, 0.717) is 6.54 Å². The van der Waals surface area contributed by atoms with Crippen LogP contribution >= 0.6 is 12.4 Å². The van der Waals surface area contributed by atoms with Gasteiger partial charge in [-0.05, 0) is 50.5 Å². The van der Waals surface area contributed by atoms with Gasteiger partial charge in [0.1, 0.15) is 0 Å². The Bertz CT molecular complexity index is 1070. The average molecular weight is 471 g/mol. The van der Waals surface area contributed by atoms with Gasteiger partial charge in [0.25, 0.3) is 11.7 Å². The van der Waals surface area contributed by atoms with Crippen molar-refractivity contribution in [1.29, 1.82) is 0 Å². The van der Waals surface area contributed by atoms with Crippen LogP contribution in [-0.2, 0) is 6.54 Å². The van der Waals surface area contributed by atoms with E-state index in [9.17, 15) is 4.79 Å². The lowest BCUT2D eigenvalue weighted by Gasteiger charge is -2.35. The Kier molecular flexibility index (Phi) is 7.71. The van der Waals surface area contributed by atoms with Crippen LogP contribution in [0.25, 0.3) is 11.1 Å². The van der Waals surface area contributed by atoms with Gasteiger partial charge < -0.3 is 19.6 Å². The van der Waals surface area contributed by atoms with Gasteiger partial charge in [-0.1, -0.05) is 23.4 Å². The number of nitrogens with one attached hydrogen (secondary N) is 1. The van der Waals surface area contributed by atoms with Crippen molar-refractivity contribution >= 4 is 24.0 Å². The fourth-order valence-electron chi connectivity index (χ4n) is 4.00. The van der Waals surface area contributed by atoms with Crippen molar-refractivity contribution < 1.29 is 9.32 Å². The third kappa shape index (κ3) is 5.51. The van der Waals surface area contributed by atoms with Gasteiger partial charge in [-0.3, -0.25) is 9.78 Å². The molecule has 1 aliphatic heterocycles. The van der Waals surface area contributed by atoms with Crippen molar-refractivity contribution in [2.45, 2.75) is 39.8 Å². The molecule has 33 heavy (non-hydrogen) atoms. The van der Waals surface area contributed by atoms with Crippen LogP contribution in [0.4, 0.5) is 5.69 Å². The van der Waals surface area contributed by atoms with Gasteiger partial charge in [0, 0.05) is 50.0 Å². The number of hydrogen-bond acceptors (Lipinski definition) is 7. The normalized spacial score (nSPS) is 14.0. The molecule has 0 bridgehead atoms. The van der Waals surface area contributed by atoms with E-state index in [1.807, 2.05) is 33.2 Å². The number of aromatic nitrogens is 3. The second kappa shape index (κ2) is 10.3. The van der Waals surface area contributed by atoms with Crippen LogP contribution in [0.15, 0.2) is 47.6 Å². The van der Waals surface area contributed by atoms with Crippen molar-refractivity contribution in [1.82, 2.24) is 25.3 Å². The first-order valence-corrected chi connectivity index (χ1v) is 10.9. The highest BCUT2D eigenvalue weighted by Crippen LogP contribution is 2.32. The summed E-state index contributed by atoms with van der Waals surface area (Å²) >= 11 is 0. The maximum absolute atomic E-state index is 13.0. The molecule has 3 heterocycles. The highest BCUT2D eigenvalue weighted by molar-refractivity contribution is 5.90. The quantitative estimate of drug-likeness (QED) is 0.608. The number of halogens is 1. The number of hydrogen-bond donors (Lipinski definition) is 1. The lowest BCUT2D eigenvalue weighted by atomic mass is 9.97. The van der Waals surface area contributed by atoms with Crippen molar-refractivity contribution in [3.05, 3.63) is 60.0 Å². The Hall–Kier alpha value is -2.97. The van der Waals surface area contributed by atoms with Crippen LogP contribution in [-0.4, -0.2) is 57.6 Å². The van der Waals surface area contributed by atoms with Crippen molar-refractivity contribution in [2.24, 2.45) is 0 Å². The summed E-state index contributed by atoms with van der Waals surface area (Å²) in [4.78, 5) is 25.5. The van der Waals surface area contributed by atoms with Gasteiger partial charge in [-0.2, -0.15) is 4.98 Å². The van der Waals surface area contributed by atoms with Gasteiger partial charge in [0.15, 0.2) is 0 Å². The molecule has 1 N–H and O–H groups in total. The van der Waals surface area contributed by atoms with Crippen molar-refractivity contribution in [2.75, 3.05) is 31.1 Å². The number of anilines is 1. The van der Waals surface area contributed by atoms with Crippen LogP contribution < -0.4 is 10.2 Å². The third-order valence-corrected chi connectivity index (χ3v) is 5.85. The summed E-state index contributed by atoms with van der Waals surface area (Å²) in [5.41, 5.74) is 5.29. The first-order chi connectivity index (χ1) is 15.3. The standard InChI is InChI=1S/C24H30N6O2.ClH/c1-17-13-18(20-7-8-26-14-21(20)29-11-9-25-10-12-29)5-6-19(17)15-30(24(2,3)4)23(31)22-27-16-32-28-22;/h5-8,13-14,16,25H,9-12,15H2,1-4H3;1H. The fraction of sp³-hybridized carbons (Fsp3) is 0.417. The molecule has 2 aromatic heterocycles. The zero-order valence-corrected chi connectivity index (χ0v) is 20.4. The molecule has 4 rings (SSSR count). The third-order valence-electron chi connectivity index (χ3n) is 5.85. The average Bonchev–Trinajstić information content (AvgIpc) is 3.33. The molecule has 8 nitrogen and oxygen atoms in total. The lowest BCUT2D eigenvalue weighted by molar-refractivity contribution is 0.0542. The van der Waals surface area contributed by atoms with Crippen molar-refractivity contribution in [3.63, 3.8) is 0 Å². The number of benzene rings is 1. The Morgan fingerprint density at radius 2 is 1.97 bits per heavy atom. The predicted octanol–water partition coefficient (Wildman–Crippen LogP) is 3.71. The van der Waals surface area contributed by atoms with Crippen LogP contribution in [0.1, 0.15) is 42.5 Å². The van der Waals surface area contributed by atoms with Crippen molar-refractivity contribution in [3.8, 4) is 11.1 Å². The highest BCUT2D eigenvalue weighted by atomic mass is 35.5. The van der Waals surface area contributed by atoms with E-state index >= 15 is 0 Å². The predicted molar refractivity (Wildman–Crippen MR) is 131 cm³/mol. The molecule has 0 aliphatic carbocycles. The van der Waals surface area contributed by atoms with E-state index in [1.165, 1.54) is 12.0 Å². The van der Waals surface area contributed by atoms with Gasteiger partial charge in [0.05, 0.1) is 11.9 Å². The van der Waals surface area contributed by atoms with E-state index < -0.39 is 5.54 Å². The van der Waals surface area contributed by atoms with Crippen LogP contribution in [0, 0.1) is 6.92 Å². The first kappa shape index (κ1) is 24.7. The molecule has 1 aromatic carbocycles. The minimum Gasteiger partial charge on any atom is -0.367 e. The summed E-state index contributed by atoms with van der Waals surface area (Å²) in [5, 5.41) is 7.13. The van der Waals surface area contributed by atoms with Gasteiger partial charge in [-0.15, -0.1) is 12.4 Å². The monoisotopic (exact) mass is 470 g/mol. The second-order valence-electron chi connectivity index (χ2n) is 9.09. The topological polar surface area (TPSA) is 87.4 Å². The molecule has 1 fully saturated rings. The minimum atomic E-state index is -0.399. The number of piperazine rings is 1. The number of nitrogens with zero attached hydrogens (tertiary/aromatic N) is 5. The summed E-state index contributed by atoms with van der Waals surface area (Å²) in [6.07, 6.45) is 4.98. The molecule has 0 spiro atoms. The molecule has 1 aliphatic rings. The first-order valence-electron chi connectivity index (χ1n) is 10.9. The largest absolute Gasteiger partial charge is 0.367 e. The maximum atomic E-state index is 13.0. The van der Waals surface area contributed by atoms with E-state index in [1.54, 1.807) is 4.90 Å². The number of rotatable bonds is 5. The summed E-state index contributed by atoms with van der Waals surface area (Å²) in [6.45, 7) is 12.5. The zero-order valence-electron chi connectivity index (χ0n) is 19.5. The molecule has 1 amide bonds. The van der Waals surface area contributed by atoms with E-state index in [-0.39, 0.29) is 24.1 Å². The number of carbonyl (C=O) groups excluding carboxylic acids is 1. The Labute approximate surface area is 200 Å². The molecular formula is C24H31ClN6O2. The molecule has 176 valence electrons. The van der Waals surface area contributed by atoms with E-state index in [0.717, 1.165) is 48.6 Å². The number of carbonyl (C=O) groups is 1. The van der Waals surface area contributed by atoms with E-state index in [2.05, 4.69) is 56.5 Å². The summed E-state index contributed by atoms with van der Waals surface area (Å²) in [7, 11) is 0. The van der Waals surface area contributed by atoms with Crippen LogP contribution in [0.5, 0.6) is 0 Å². The smallest absolute Gasteiger partial charge is 0.295 e. The molecule has 9 heteroatoms. The SMILES string of the molecule is Cc1cc(-c2ccncc2N2CCNCC2)ccc1CN(C(=O)c1ncon1)C(C)(C)C.Cl. The summed E-state index contributed by atoms with van der Waals surface area (Å²) in [5.74, 6) is -0.170. The second-order valence-corrected chi connectivity index (χ2v) is 9.09. The number of aryl methyl sites for hydroxylation is 1. The van der Waals surface area contributed by atoms with Crippen LogP contribution in [0.2, 0.25) is 0 Å². The van der Waals surface area contributed by atoms with Crippen LogP contribution in [0.3, 0.4) is 0 Å². The Morgan fingerprint density at radius 1 is 1.21 bits per heavy atom. The maximum Gasteiger partial charge on any atom is 0.295 e. The Balaban J connectivity index is 0.00000306. The molecule has 0 unspecified atom stereocenters. The summed E-state index contributed by atoms with van der Waals surface area (Å²) in [6, 6.07) is 8.50. The molecular weight excluding hydrogens is 440 g/mol. The molecule has 1 saturated heterocycles. The van der Waals surface area contributed by atoms with Gasteiger partial charge in [0.2, 0.25) is 6.39 Å².